The lowest BCUT2D eigenvalue weighted by atomic mass is 10.1. The predicted octanol–water partition coefficient (Wildman–Crippen LogP) is 5.01. The number of nitrogens with two attached hydrogens (primary N) is 1. The van der Waals surface area contributed by atoms with Crippen molar-refractivity contribution in [3.63, 3.8) is 0 Å². The van der Waals surface area contributed by atoms with E-state index in [0.29, 0.717) is 33.7 Å². The van der Waals surface area contributed by atoms with E-state index in [4.69, 9.17) is 22.1 Å². The summed E-state index contributed by atoms with van der Waals surface area (Å²) in [6, 6.07) is 17.8. The van der Waals surface area contributed by atoms with Crippen LogP contribution in [-0.2, 0) is 0 Å². The average molecular weight is 544 g/mol. The standard InChI is InChI=1S/C28H22ClN5O5/c1-33(2)27(36)18-5-3-4-6-24(18)39-17-8-10-23(20(29)13-17)34-26(30)19(14-31-34)25(35)22-12-16-11-15(28(37)38)7-9-21(16)32-22/h3-14,32H,30H2,1-2H3,(H,37,38). The zero-order valence-electron chi connectivity index (χ0n) is 20.8. The summed E-state index contributed by atoms with van der Waals surface area (Å²) in [5.41, 5.74) is 8.23. The van der Waals surface area contributed by atoms with Crippen LogP contribution in [0.15, 0.2) is 72.9 Å². The fourth-order valence-corrected chi connectivity index (χ4v) is 4.33. The summed E-state index contributed by atoms with van der Waals surface area (Å²) in [5, 5.41) is 14.3. The second-order valence-electron chi connectivity index (χ2n) is 8.89. The number of rotatable bonds is 7. The number of carbonyl (C=O) groups excluding carboxylic acids is 2. The van der Waals surface area contributed by atoms with Crippen molar-refractivity contribution in [3.05, 3.63) is 100 Å². The molecule has 3 aromatic carbocycles. The first-order valence-electron chi connectivity index (χ1n) is 11.7. The molecule has 0 spiro atoms. The molecule has 10 nitrogen and oxygen atoms in total. The number of aromatic nitrogens is 3. The number of carbonyl (C=O) groups is 3. The van der Waals surface area contributed by atoms with Gasteiger partial charge in [-0.25, -0.2) is 9.48 Å². The molecule has 11 heteroatoms. The number of carboxylic acids is 1. The van der Waals surface area contributed by atoms with Crippen molar-refractivity contribution in [1.29, 1.82) is 0 Å². The fraction of sp³-hybridized carbons (Fsp3) is 0.0714. The minimum Gasteiger partial charge on any atom is -0.478 e. The van der Waals surface area contributed by atoms with Crippen LogP contribution in [0.2, 0.25) is 5.02 Å². The van der Waals surface area contributed by atoms with E-state index >= 15 is 0 Å². The van der Waals surface area contributed by atoms with Crippen LogP contribution in [0.1, 0.15) is 36.8 Å². The summed E-state index contributed by atoms with van der Waals surface area (Å²) in [6.07, 6.45) is 1.34. The molecule has 4 N–H and O–H groups in total. The Balaban J connectivity index is 1.42. The van der Waals surface area contributed by atoms with Gasteiger partial charge in [0.15, 0.2) is 0 Å². The molecule has 0 fully saturated rings. The quantitative estimate of drug-likeness (QED) is 0.245. The van der Waals surface area contributed by atoms with Gasteiger partial charge < -0.3 is 25.5 Å². The molecule has 2 aromatic heterocycles. The van der Waals surface area contributed by atoms with E-state index in [1.165, 1.54) is 27.9 Å². The molecular formula is C28H22ClN5O5. The van der Waals surface area contributed by atoms with Gasteiger partial charge in [0.25, 0.3) is 5.91 Å². The first kappa shape index (κ1) is 25.6. The maximum Gasteiger partial charge on any atom is 0.335 e. The number of amides is 1. The molecule has 0 unspecified atom stereocenters. The molecule has 39 heavy (non-hydrogen) atoms. The largest absolute Gasteiger partial charge is 0.478 e. The van der Waals surface area contributed by atoms with Crippen LogP contribution in [0, 0.1) is 0 Å². The van der Waals surface area contributed by atoms with Gasteiger partial charge in [-0.15, -0.1) is 0 Å². The molecule has 0 atom stereocenters. The van der Waals surface area contributed by atoms with E-state index in [2.05, 4.69) is 10.1 Å². The number of aromatic amines is 1. The molecule has 196 valence electrons. The minimum atomic E-state index is -1.06. The maximum atomic E-state index is 13.2. The van der Waals surface area contributed by atoms with Crippen molar-refractivity contribution in [1.82, 2.24) is 19.7 Å². The highest BCUT2D eigenvalue weighted by Crippen LogP contribution is 2.32. The van der Waals surface area contributed by atoms with Gasteiger partial charge in [-0.2, -0.15) is 5.10 Å². The number of fused-ring (bicyclic) bond motifs is 1. The molecular weight excluding hydrogens is 522 g/mol. The van der Waals surface area contributed by atoms with Gasteiger partial charge >= 0.3 is 5.97 Å². The van der Waals surface area contributed by atoms with Crippen LogP contribution in [0.3, 0.4) is 0 Å². The van der Waals surface area contributed by atoms with Gasteiger partial charge in [-0.1, -0.05) is 23.7 Å². The van der Waals surface area contributed by atoms with Crippen molar-refractivity contribution >= 4 is 46.0 Å². The molecule has 0 radical (unpaired) electrons. The average Bonchev–Trinajstić information content (AvgIpc) is 3.51. The topological polar surface area (TPSA) is 144 Å². The van der Waals surface area contributed by atoms with Gasteiger partial charge in [-0.3, -0.25) is 9.59 Å². The number of aromatic carboxylic acids is 1. The number of nitrogens with zero attached hydrogens (tertiary/aromatic N) is 3. The third-order valence-corrected chi connectivity index (χ3v) is 6.36. The lowest BCUT2D eigenvalue weighted by Crippen LogP contribution is -2.22. The Hall–Kier alpha value is -5.09. The Kier molecular flexibility index (Phi) is 6.55. The number of benzene rings is 3. The molecule has 0 saturated carbocycles. The van der Waals surface area contributed by atoms with Crippen molar-refractivity contribution in [2.45, 2.75) is 0 Å². The molecule has 1 amide bonds. The van der Waals surface area contributed by atoms with Crippen molar-refractivity contribution < 1.29 is 24.2 Å². The van der Waals surface area contributed by atoms with E-state index < -0.39 is 11.8 Å². The number of hydrogen-bond donors (Lipinski definition) is 3. The van der Waals surface area contributed by atoms with Crippen LogP contribution >= 0.6 is 11.6 Å². The maximum absolute atomic E-state index is 13.2. The van der Waals surface area contributed by atoms with E-state index in [-0.39, 0.29) is 33.6 Å². The van der Waals surface area contributed by atoms with Crippen molar-refractivity contribution in [2.24, 2.45) is 0 Å². The molecule has 0 saturated heterocycles. The number of ketones is 1. The first-order valence-corrected chi connectivity index (χ1v) is 12.0. The van der Waals surface area contributed by atoms with Gasteiger partial charge in [-0.05, 0) is 48.5 Å². The third-order valence-electron chi connectivity index (χ3n) is 6.06. The number of hydrogen-bond acceptors (Lipinski definition) is 6. The van der Waals surface area contributed by atoms with Crippen LogP contribution in [0.4, 0.5) is 5.82 Å². The summed E-state index contributed by atoms with van der Waals surface area (Å²) in [4.78, 5) is 41.4. The highest BCUT2D eigenvalue weighted by molar-refractivity contribution is 6.32. The van der Waals surface area contributed by atoms with Gasteiger partial charge in [0, 0.05) is 31.1 Å². The number of ether oxygens (including phenoxy) is 1. The Bertz CT molecular complexity index is 1770. The number of halogens is 1. The summed E-state index contributed by atoms with van der Waals surface area (Å²) >= 11 is 6.54. The Labute approximate surface area is 227 Å². The minimum absolute atomic E-state index is 0.0716. The van der Waals surface area contributed by atoms with Gasteiger partial charge in [0.05, 0.1) is 39.3 Å². The van der Waals surface area contributed by atoms with Gasteiger partial charge in [0.1, 0.15) is 17.3 Å². The molecule has 0 bridgehead atoms. The van der Waals surface area contributed by atoms with E-state index in [1.54, 1.807) is 68.7 Å². The van der Waals surface area contributed by atoms with E-state index in [9.17, 15) is 19.5 Å². The Morgan fingerprint density at radius 1 is 1.03 bits per heavy atom. The molecule has 5 rings (SSSR count). The second kappa shape index (κ2) is 9.99. The summed E-state index contributed by atoms with van der Waals surface area (Å²) in [5.74, 6) is -0.834. The zero-order valence-corrected chi connectivity index (χ0v) is 21.6. The number of nitrogens with one attached hydrogen (secondary N) is 1. The highest BCUT2D eigenvalue weighted by Gasteiger charge is 2.21. The lowest BCUT2D eigenvalue weighted by molar-refractivity contribution is 0.0696. The lowest BCUT2D eigenvalue weighted by Gasteiger charge is -2.15. The predicted molar refractivity (Wildman–Crippen MR) is 146 cm³/mol. The number of para-hydroxylation sites is 1. The van der Waals surface area contributed by atoms with Crippen molar-refractivity contribution in [2.75, 3.05) is 19.8 Å². The number of H-pyrrole nitrogens is 1. The third kappa shape index (κ3) is 4.80. The SMILES string of the molecule is CN(C)C(=O)c1ccccc1Oc1ccc(-n2ncc(C(=O)c3cc4cc(C(=O)O)ccc4[nH]3)c2N)c(Cl)c1. The second-order valence-corrected chi connectivity index (χ2v) is 9.29. The van der Waals surface area contributed by atoms with Crippen LogP contribution in [0.25, 0.3) is 16.6 Å². The highest BCUT2D eigenvalue weighted by atomic mass is 35.5. The molecule has 0 aliphatic heterocycles. The first-order chi connectivity index (χ1) is 18.6. The summed E-state index contributed by atoms with van der Waals surface area (Å²) < 4.78 is 7.29. The Morgan fingerprint density at radius 3 is 2.51 bits per heavy atom. The molecule has 2 heterocycles. The fourth-order valence-electron chi connectivity index (χ4n) is 4.08. The Morgan fingerprint density at radius 2 is 1.79 bits per heavy atom. The monoisotopic (exact) mass is 543 g/mol. The van der Waals surface area contributed by atoms with Crippen molar-refractivity contribution in [3.8, 4) is 17.2 Å². The van der Waals surface area contributed by atoms with E-state index in [0.717, 1.165) is 0 Å². The number of carboxylic acid groups (broad SMARTS) is 1. The molecule has 0 aliphatic rings. The van der Waals surface area contributed by atoms with E-state index in [1.807, 2.05) is 0 Å². The zero-order chi connectivity index (χ0) is 27.8. The van der Waals surface area contributed by atoms with Gasteiger partial charge in [0.2, 0.25) is 5.78 Å². The van der Waals surface area contributed by atoms with Crippen LogP contribution < -0.4 is 10.5 Å². The van der Waals surface area contributed by atoms with Crippen LogP contribution in [0.5, 0.6) is 11.5 Å². The number of nitrogen functional groups attached to an aromatic ring is 1. The van der Waals surface area contributed by atoms with Crippen LogP contribution in [-0.4, -0.2) is 56.5 Å². The summed E-state index contributed by atoms with van der Waals surface area (Å²) in [7, 11) is 3.32. The number of anilines is 1. The normalized spacial score (nSPS) is 10.9. The summed E-state index contributed by atoms with van der Waals surface area (Å²) in [6.45, 7) is 0. The smallest absolute Gasteiger partial charge is 0.335 e. The molecule has 5 aromatic rings. The molecule has 0 aliphatic carbocycles.